The van der Waals surface area contributed by atoms with E-state index in [1.807, 2.05) is 38.1 Å². The predicted octanol–water partition coefficient (Wildman–Crippen LogP) is 5.44. The summed E-state index contributed by atoms with van der Waals surface area (Å²) in [5.41, 5.74) is 3.10. The number of amides is 1. The summed E-state index contributed by atoms with van der Waals surface area (Å²) < 4.78 is 27.8. The highest BCUT2D eigenvalue weighted by molar-refractivity contribution is 7.89. The van der Waals surface area contributed by atoms with Crippen LogP contribution in [0.25, 0.3) is 0 Å². The molecule has 162 valence electrons. The van der Waals surface area contributed by atoms with E-state index in [1.54, 1.807) is 36.4 Å². The molecule has 0 fully saturated rings. The van der Waals surface area contributed by atoms with E-state index in [-0.39, 0.29) is 18.0 Å². The highest BCUT2D eigenvalue weighted by Gasteiger charge is 2.27. The first-order valence-corrected chi connectivity index (χ1v) is 11.7. The number of nitrogens with zero attached hydrogens (tertiary/aromatic N) is 1. The van der Waals surface area contributed by atoms with Gasteiger partial charge in [-0.2, -0.15) is 4.31 Å². The van der Waals surface area contributed by atoms with E-state index >= 15 is 0 Å². The summed E-state index contributed by atoms with van der Waals surface area (Å²) in [5, 5.41) is 3.36. The molecule has 0 aliphatic rings. The van der Waals surface area contributed by atoms with Crippen LogP contribution in [0, 0.1) is 13.8 Å². The molecule has 0 heterocycles. The second-order valence-electron chi connectivity index (χ2n) is 7.24. The Hall–Kier alpha value is -2.38. The van der Waals surface area contributed by atoms with E-state index < -0.39 is 15.9 Å². The fourth-order valence-corrected chi connectivity index (χ4v) is 4.65. The van der Waals surface area contributed by atoms with Gasteiger partial charge in [0.05, 0.1) is 22.2 Å². The van der Waals surface area contributed by atoms with E-state index in [0.29, 0.717) is 15.7 Å². The molecule has 31 heavy (non-hydrogen) atoms. The number of halogens is 2. The fraction of sp³-hybridized carbons (Fsp3) is 0.174. The second-order valence-corrected chi connectivity index (χ2v) is 10.0. The lowest BCUT2D eigenvalue weighted by molar-refractivity contribution is -0.116. The third kappa shape index (κ3) is 6.08. The molecule has 0 aliphatic heterocycles. The monoisotopic (exact) mass is 476 g/mol. The maximum Gasteiger partial charge on any atom is 0.243 e. The summed E-state index contributed by atoms with van der Waals surface area (Å²) in [4.78, 5) is 12.9. The average molecular weight is 477 g/mol. The Balaban J connectivity index is 1.89. The van der Waals surface area contributed by atoms with Crippen molar-refractivity contribution in [2.24, 2.45) is 0 Å². The summed E-state index contributed by atoms with van der Waals surface area (Å²) >= 11 is 12.1. The molecule has 8 heteroatoms. The van der Waals surface area contributed by atoms with Crippen molar-refractivity contribution in [3.63, 3.8) is 0 Å². The summed E-state index contributed by atoms with van der Waals surface area (Å²) in [6.07, 6.45) is 0. The van der Waals surface area contributed by atoms with Crippen LogP contribution >= 0.6 is 23.2 Å². The summed E-state index contributed by atoms with van der Waals surface area (Å²) in [5.74, 6) is -0.521. The Morgan fingerprint density at radius 2 is 1.48 bits per heavy atom. The van der Waals surface area contributed by atoms with Gasteiger partial charge < -0.3 is 5.32 Å². The largest absolute Gasteiger partial charge is 0.324 e. The molecule has 3 rings (SSSR count). The van der Waals surface area contributed by atoms with Crippen LogP contribution in [0.1, 0.15) is 16.7 Å². The molecule has 1 amide bonds. The van der Waals surface area contributed by atoms with Gasteiger partial charge >= 0.3 is 0 Å². The third-order valence-corrected chi connectivity index (χ3v) is 7.03. The lowest BCUT2D eigenvalue weighted by Gasteiger charge is -2.22. The smallest absolute Gasteiger partial charge is 0.243 e. The van der Waals surface area contributed by atoms with Gasteiger partial charge in [0.15, 0.2) is 0 Å². The molecular weight excluding hydrogens is 455 g/mol. The summed E-state index contributed by atoms with van der Waals surface area (Å²) in [6.45, 7) is 3.50. The van der Waals surface area contributed by atoms with Gasteiger partial charge in [0.25, 0.3) is 0 Å². The molecule has 0 bridgehead atoms. The van der Waals surface area contributed by atoms with Gasteiger partial charge in [-0.25, -0.2) is 8.42 Å². The number of anilines is 1. The first kappa shape index (κ1) is 23.3. The number of carbonyl (C=O) groups is 1. The molecule has 0 atom stereocenters. The normalized spacial score (nSPS) is 11.5. The van der Waals surface area contributed by atoms with Crippen LogP contribution in [0.4, 0.5) is 5.69 Å². The molecule has 3 aromatic carbocycles. The number of aryl methyl sites for hydroxylation is 2. The van der Waals surface area contributed by atoms with Crippen molar-refractivity contribution in [2.45, 2.75) is 25.3 Å². The van der Waals surface area contributed by atoms with Gasteiger partial charge in [0, 0.05) is 11.6 Å². The van der Waals surface area contributed by atoms with E-state index in [2.05, 4.69) is 5.32 Å². The number of nitrogens with one attached hydrogen (secondary N) is 1. The van der Waals surface area contributed by atoms with Crippen LogP contribution in [0.15, 0.2) is 71.6 Å². The molecule has 1 N–H and O–H groups in total. The molecule has 0 unspecified atom stereocenters. The van der Waals surface area contributed by atoms with E-state index in [4.69, 9.17) is 23.2 Å². The SMILES string of the molecule is Cc1ccc(CN(CC(=O)Nc2cc(Cl)ccc2Cl)S(=O)(=O)c2ccc(C)cc2)cc1. The van der Waals surface area contributed by atoms with E-state index in [9.17, 15) is 13.2 Å². The Morgan fingerprint density at radius 1 is 0.903 bits per heavy atom. The number of hydrogen-bond donors (Lipinski definition) is 1. The zero-order chi connectivity index (χ0) is 22.6. The molecular formula is C23H22Cl2N2O3S. The quantitative estimate of drug-likeness (QED) is 0.493. The van der Waals surface area contributed by atoms with Gasteiger partial charge in [0.2, 0.25) is 15.9 Å². The maximum atomic E-state index is 13.3. The minimum Gasteiger partial charge on any atom is -0.324 e. The maximum absolute atomic E-state index is 13.3. The van der Waals surface area contributed by atoms with Crippen LogP contribution in [0.3, 0.4) is 0 Å². The van der Waals surface area contributed by atoms with Crippen molar-refractivity contribution in [1.82, 2.24) is 4.31 Å². The van der Waals surface area contributed by atoms with Gasteiger partial charge in [0.1, 0.15) is 0 Å². The highest BCUT2D eigenvalue weighted by atomic mass is 35.5. The zero-order valence-corrected chi connectivity index (χ0v) is 19.4. The molecule has 0 saturated heterocycles. The number of carbonyl (C=O) groups excluding carboxylic acids is 1. The summed E-state index contributed by atoms with van der Waals surface area (Å²) in [6, 6.07) is 18.7. The van der Waals surface area contributed by atoms with Crippen molar-refractivity contribution in [3.8, 4) is 0 Å². The first-order valence-electron chi connectivity index (χ1n) is 9.52. The number of sulfonamides is 1. The standard InChI is InChI=1S/C23H22Cl2N2O3S/c1-16-3-7-18(8-4-16)14-27(31(29,30)20-10-5-17(2)6-11-20)15-23(28)26-22-13-19(24)9-12-21(22)25/h3-13H,14-15H2,1-2H3,(H,26,28). The molecule has 0 spiro atoms. The van der Waals surface area contributed by atoms with Gasteiger partial charge in [-0.05, 0) is 49.7 Å². The number of benzene rings is 3. The van der Waals surface area contributed by atoms with Crippen molar-refractivity contribution >= 4 is 44.8 Å². The van der Waals surface area contributed by atoms with E-state index in [0.717, 1.165) is 21.0 Å². The fourth-order valence-electron chi connectivity index (χ4n) is 2.93. The van der Waals surface area contributed by atoms with E-state index in [1.165, 1.54) is 6.07 Å². The van der Waals surface area contributed by atoms with Gasteiger partial charge in [-0.15, -0.1) is 0 Å². The Bertz CT molecular complexity index is 1180. The molecule has 3 aromatic rings. The Kier molecular flexibility index (Phi) is 7.38. The topological polar surface area (TPSA) is 66.5 Å². The summed E-state index contributed by atoms with van der Waals surface area (Å²) in [7, 11) is -3.92. The molecule has 0 aromatic heterocycles. The first-order chi connectivity index (χ1) is 14.6. The minimum atomic E-state index is -3.92. The average Bonchev–Trinajstić information content (AvgIpc) is 2.72. The number of hydrogen-bond acceptors (Lipinski definition) is 3. The third-order valence-electron chi connectivity index (χ3n) is 4.66. The van der Waals surface area contributed by atoms with Gasteiger partial charge in [-0.3, -0.25) is 4.79 Å². The molecule has 0 radical (unpaired) electrons. The molecule has 0 aliphatic carbocycles. The predicted molar refractivity (Wildman–Crippen MR) is 125 cm³/mol. The minimum absolute atomic E-state index is 0.0488. The Morgan fingerprint density at radius 3 is 2.10 bits per heavy atom. The molecule has 5 nitrogen and oxygen atoms in total. The number of rotatable bonds is 7. The lowest BCUT2D eigenvalue weighted by Crippen LogP contribution is -2.37. The lowest BCUT2D eigenvalue weighted by atomic mass is 10.1. The zero-order valence-electron chi connectivity index (χ0n) is 17.1. The Labute approximate surface area is 192 Å². The second kappa shape index (κ2) is 9.83. The van der Waals surface area contributed by atoms with Crippen LogP contribution in [0.2, 0.25) is 10.0 Å². The van der Waals surface area contributed by atoms with Crippen molar-refractivity contribution in [1.29, 1.82) is 0 Å². The van der Waals surface area contributed by atoms with Crippen molar-refractivity contribution < 1.29 is 13.2 Å². The highest BCUT2D eigenvalue weighted by Crippen LogP contribution is 2.26. The van der Waals surface area contributed by atoms with Crippen molar-refractivity contribution in [2.75, 3.05) is 11.9 Å². The van der Waals surface area contributed by atoms with Crippen LogP contribution in [-0.4, -0.2) is 25.2 Å². The van der Waals surface area contributed by atoms with Crippen LogP contribution in [0.5, 0.6) is 0 Å². The molecule has 0 saturated carbocycles. The van der Waals surface area contributed by atoms with Crippen molar-refractivity contribution in [3.05, 3.63) is 93.5 Å². The van der Waals surface area contributed by atoms with Crippen LogP contribution < -0.4 is 5.32 Å². The van der Waals surface area contributed by atoms with Crippen LogP contribution in [-0.2, 0) is 21.4 Å². The van der Waals surface area contributed by atoms with Gasteiger partial charge in [-0.1, -0.05) is 70.7 Å².